The zero-order valence-corrected chi connectivity index (χ0v) is 15.2. The van der Waals surface area contributed by atoms with Crippen LogP contribution in [0.25, 0.3) is 0 Å². The van der Waals surface area contributed by atoms with Gasteiger partial charge in [-0.1, -0.05) is 18.2 Å². The number of anilines is 1. The maximum atomic E-state index is 12.9. The highest BCUT2D eigenvalue weighted by Gasteiger charge is 2.08. The Morgan fingerprint density at radius 3 is 2.54 bits per heavy atom. The molecule has 0 radical (unpaired) electrons. The topological polar surface area (TPSA) is 62.2 Å². The van der Waals surface area contributed by atoms with Gasteiger partial charge in [-0.15, -0.1) is 11.8 Å². The second-order valence-electron chi connectivity index (χ2n) is 5.33. The molecule has 3 rings (SSSR count). The molecule has 3 aromatic rings. The van der Waals surface area contributed by atoms with Crippen LogP contribution in [0.1, 0.15) is 15.9 Å². The second-order valence-corrected chi connectivity index (χ2v) is 6.95. The highest BCUT2D eigenvalue weighted by molar-refractivity contribution is 7.98. The van der Waals surface area contributed by atoms with Gasteiger partial charge in [-0.2, -0.15) is 0 Å². The lowest BCUT2D eigenvalue weighted by molar-refractivity contribution is 0.102. The molecule has 26 heavy (non-hydrogen) atoms. The molecule has 1 heterocycles. The Morgan fingerprint density at radius 2 is 1.85 bits per heavy atom. The van der Waals surface area contributed by atoms with Crippen LogP contribution in [-0.4, -0.2) is 15.4 Å². The largest absolute Gasteiger partial charge is 0.325 e. The van der Waals surface area contributed by atoms with Crippen molar-refractivity contribution in [3.8, 4) is 0 Å². The fourth-order valence-corrected chi connectivity index (χ4v) is 3.54. The number of aromatic nitrogens is 1. The molecule has 132 valence electrons. The number of carbonyl (C=O) groups is 1. The van der Waals surface area contributed by atoms with Crippen LogP contribution in [0.3, 0.4) is 0 Å². The van der Waals surface area contributed by atoms with E-state index in [1.165, 1.54) is 42.2 Å². The zero-order valence-electron chi connectivity index (χ0n) is 13.6. The lowest BCUT2D eigenvalue weighted by atomic mass is 10.2. The Hall–Kier alpha value is -2.35. The summed E-state index contributed by atoms with van der Waals surface area (Å²) in [6, 6.07) is 16.7. The predicted molar refractivity (Wildman–Crippen MR) is 103 cm³/mol. The number of hydrogen-bond donors (Lipinski definition) is 2. The minimum Gasteiger partial charge on any atom is -0.325 e. The number of pyridine rings is 1. The van der Waals surface area contributed by atoms with E-state index in [1.807, 2.05) is 24.3 Å². The molecule has 0 saturated heterocycles. The molecule has 0 aliphatic carbocycles. The van der Waals surface area contributed by atoms with Crippen molar-refractivity contribution in [1.29, 1.82) is 0 Å². The Morgan fingerprint density at radius 1 is 1.08 bits per heavy atom. The van der Waals surface area contributed by atoms with Gasteiger partial charge in [0.2, 0.25) is 0 Å². The van der Waals surface area contributed by atoms with Gasteiger partial charge in [-0.25, -0.2) is 9.37 Å². The molecule has 0 fully saturated rings. The number of nitrogens with zero attached hydrogens (tertiary/aromatic N) is 1. The van der Waals surface area contributed by atoms with Gasteiger partial charge in [0.1, 0.15) is 5.82 Å². The summed E-state index contributed by atoms with van der Waals surface area (Å²) in [5.74, 6) is 0.00704. The van der Waals surface area contributed by atoms with E-state index >= 15 is 0 Å². The lowest BCUT2D eigenvalue weighted by Gasteiger charge is -2.07. The van der Waals surface area contributed by atoms with Gasteiger partial charge >= 0.3 is 0 Å². The number of amides is 1. The average Bonchev–Trinajstić information content (AvgIpc) is 2.68. The van der Waals surface area contributed by atoms with E-state index in [-0.39, 0.29) is 11.7 Å². The summed E-state index contributed by atoms with van der Waals surface area (Å²) in [6.07, 6.45) is 1.51. The molecule has 0 saturated carbocycles. The summed E-state index contributed by atoms with van der Waals surface area (Å²) in [4.78, 5) is 17.3. The van der Waals surface area contributed by atoms with Gasteiger partial charge < -0.3 is 9.87 Å². The summed E-state index contributed by atoms with van der Waals surface area (Å²) in [7, 11) is 0. The van der Waals surface area contributed by atoms with Crippen molar-refractivity contribution in [3.63, 3.8) is 0 Å². The molecular formula is C19H15FN2O2S2. The average molecular weight is 386 g/mol. The molecule has 2 aromatic carbocycles. The molecule has 0 bridgehead atoms. The molecule has 7 heteroatoms. The van der Waals surface area contributed by atoms with E-state index < -0.39 is 0 Å². The number of carbonyl (C=O) groups excluding carboxylic acids is 1. The Labute approximate surface area is 159 Å². The van der Waals surface area contributed by atoms with Crippen LogP contribution in [0.2, 0.25) is 0 Å². The van der Waals surface area contributed by atoms with E-state index in [4.69, 9.17) is 0 Å². The van der Waals surface area contributed by atoms with Crippen LogP contribution in [0.4, 0.5) is 10.1 Å². The summed E-state index contributed by atoms with van der Waals surface area (Å²) >= 11 is 2.25. The summed E-state index contributed by atoms with van der Waals surface area (Å²) in [5, 5.41) is 3.47. The van der Waals surface area contributed by atoms with Crippen molar-refractivity contribution in [1.82, 2.24) is 4.98 Å². The molecule has 2 N–H and O–H groups in total. The van der Waals surface area contributed by atoms with Gasteiger partial charge in [0.25, 0.3) is 5.91 Å². The molecule has 0 atom stereocenters. The van der Waals surface area contributed by atoms with E-state index in [0.29, 0.717) is 17.0 Å². The van der Waals surface area contributed by atoms with Gasteiger partial charge in [0.15, 0.2) is 0 Å². The van der Waals surface area contributed by atoms with Crippen molar-refractivity contribution in [2.75, 3.05) is 5.32 Å². The number of halogens is 1. The SMILES string of the molecule is O=C(Nc1ccc(F)cc1)c1ccc(SCc2ccccc2SO)nc1. The van der Waals surface area contributed by atoms with Gasteiger partial charge in [0, 0.05) is 34.6 Å². The number of rotatable bonds is 6. The minimum absolute atomic E-state index is 0.303. The van der Waals surface area contributed by atoms with Gasteiger partial charge in [0.05, 0.1) is 10.6 Å². The standard InChI is InChI=1S/C19H15FN2O2S2/c20-15-6-8-16(9-7-15)22-19(23)13-5-10-18(21-11-13)25-12-14-3-1-2-4-17(14)26-24/h1-11,24H,12H2,(H,22,23). The minimum atomic E-state index is -0.354. The first-order valence-corrected chi connectivity index (χ1v) is 9.47. The first-order valence-electron chi connectivity index (χ1n) is 7.71. The Balaban J connectivity index is 1.61. The van der Waals surface area contributed by atoms with Crippen molar-refractivity contribution < 1.29 is 13.7 Å². The first-order chi connectivity index (χ1) is 12.7. The van der Waals surface area contributed by atoms with Crippen LogP contribution in [0.5, 0.6) is 0 Å². The maximum absolute atomic E-state index is 12.9. The molecule has 0 aliphatic rings. The molecule has 4 nitrogen and oxygen atoms in total. The highest BCUT2D eigenvalue weighted by atomic mass is 32.2. The number of nitrogens with one attached hydrogen (secondary N) is 1. The molecule has 1 aromatic heterocycles. The molecule has 1 amide bonds. The summed E-state index contributed by atoms with van der Waals surface area (Å²) in [6.45, 7) is 0. The van der Waals surface area contributed by atoms with Gasteiger partial charge in [-0.3, -0.25) is 4.79 Å². The zero-order chi connectivity index (χ0) is 18.4. The maximum Gasteiger partial charge on any atom is 0.257 e. The molecule has 0 unspecified atom stereocenters. The van der Waals surface area contributed by atoms with Crippen molar-refractivity contribution in [2.45, 2.75) is 15.7 Å². The molecular weight excluding hydrogens is 371 g/mol. The monoisotopic (exact) mass is 386 g/mol. The lowest BCUT2D eigenvalue weighted by Crippen LogP contribution is -2.12. The molecule has 0 aliphatic heterocycles. The van der Waals surface area contributed by atoms with E-state index in [1.54, 1.807) is 12.1 Å². The van der Waals surface area contributed by atoms with E-state index in [0.717, 1.165) is 27.5 Å². The third-order valence-electron chi connectivity index (χ3n) is 3.55. The van der Waals surface area contributed by atoms with Gasteiger partial charge in [-0.05, 0) is 48.0 Å². The van der Waals surface area contributed by atoms with Crippen LogP contribution < -0.4 is 5.32 Å². The quantitative estimate of drug-likeness (QED) is 0.443. The smallest absolute Gasteiger partial charge is 0.257 e. The number of thioether (sulfide) groups is 1. The number of benzene rings is 2. The van der Waals surface area contributed by atoms with Crippen LogP contribution >= 0.6 is 23.8 Å². The normalized spacial score (nSPS) is 10.5. The summed E-state index contributed by atoms with van der Waals surface area (Å²) in [5.41, 5.74) is 1.96. The van der Waals surface area contributed by atoms with Crippen LogP contribution in [0.15, 0.2) is 76.8 Å². The fraction of sp³-hybridized carbons (Fsp3) is 0.0526. The van der Waals surface area contributed by atoms with E-state index in [2.05, 4.69) is 10.3 Å². The van der Waals surface area contributed by atoms with Crippen molar-refractivity contribution >= 4 is 35.4 Å². The third kappa shape index (κ3) is 4.85. The predicted octanol–water partition coefficient (Wildman–Crippen LogP) is 5.33. The van der Waals surface area contributed by atoms with Crippen LogP contribution in [-0.2, 0) is 5.75 Å². The van der Waals surface area contributed by atoms with Crippen molar-refractivity contribution in [2.24, 2.45) is 0 Å². The second kappa shape index (κ2) is 8.84. The summed E-state index contributed by atoms with van der Waals surface area (Å²) < 4.78 is 22.2. The van der Waals surface area contributed by atoms with E-state index in [9.17, 15) is 13.7 Å². The fourth-order valence-electron chi connectivity index (χ4n) is 2.20. The Kier molecular flexibility index (Phi) is 6.27. The third-order valence-corrected chi connectivity index (χ3v) is 5.13. The molecule has 0 spiro atoms. The Bertz CT molecular complexity index is 887. The highest BCUT2D eigenvalue weighted by Crippen LogP contribution is 2.27. The number of hydrogen-bond acceptors (Lipinski definition) is 5. The van der Waals surface area contributed by atoms with Crippen LogP contribution in [0, 0.1) is 5.82 Å². The first kappa shape index (κ1) is 18.4. The van der Waals surface area contributed by atoms with Crippen molar-refractivity contribution in [3.05, 3.63) is 83.8 Å².